The number of nitrogens with zero attached hydrogens (tertiary/aromatic N) is 2. The molecule has 2 aliphatic heterocycles. The zero-order valence-corrected chi connectivity index (χ0v) is 29.6. The molecule has 0 bridgehead atoms. The molecule has 2 aromatic rings. The Balaban J connectivity index is 1.18. The maximum absolute atomic E-state index is 13.2. The fraction of sp³-hybridized carbons (Fsp3) is 0.312. The Hall–Kier alpha value is -4.52. The van der Waals surface area contributed by atoms with Crippen molar-refractivity contribution in [3.63, 3.8) is 0 Å². The van der Waals surface area contributed by atoms with Crippen LogP contribution in [-0.4, -0.2) is 87.5 Å². The van der Waals surface area contributed by atoms with Crippen molar-refractivity contribution in [2.24, 2.45) is 0 Å². The Bertz CT molecular complexity index is 1670. The van der Waals surface area contributed by atoms with E-state index in [2.05, 4.69) is 10.6 Å². The number of hydrogen-bond donors (Lipinski definition) is 6. The lowest BCUT2D eigenvalue weighted by atomic mass is 10.1. The molecular formula is C32H32N4O10S4. The summed E-state index contributed by atoms with van der Waals surface area (Å²) in [7, 11) is 0. The van der Waals surface area contributed by atoms with Crippen LogP contribution in [0.2, 0.25) is 0 Å². The number of aromatic carboxylic acids is 2. The number of rotatable bonds is 16. The molecule has 0 radical (unpaired) electrons. The molecule has 2 heterocycles. The molecule has 2 fully saturated rings. The molecule has 0 atom stereocenters. The quantitative estimate of drug-likeness (QED) is 0.0567. The van der Waals surface area contributed by atoms with Crippen molar-refractivity contribution in [3.8, 4) is 11.5 Å². The minimum Gasteiger partial charge on any atom is -0.507 e. The molecule has 2 aliphatic rings. The van der Waals surface area contributed by atoms with Crippen molar-refractivity contribution in [2.45, 2.75) is 51.4 Å². The third-order valence-corrected chi connectivity index (χ3v) is 10.5. The van der Waals surface area contributed by atoms with E-state index in [0.29, 0.717) is 60.3 Å². The second kappa shape index (κ2) is 17.4. The summed E-state index contributed by atoms with van der Waals surface area (Å²) < 4.78 is 0.638. The fourth-order valence-electron chi connectivity index (χ4n) is 4.94. The molecule has 0 unspecified atom stereocenters. The highest BCUT2D eigenvalue weighted by Gasteiger charge is 2.41. The van der Waals surface area contributed by atoms with Crippen molar-refractivity contribution >= 4 is 104 Å². The SMILES string of the molecule is O=C(CCCCCN1C(=O)/C(=C2\SC(=S)N(CCCCCC(=O)Nc3ccc(O)c(C(=O)O)c3)C2=O)SC1=S)Nc1ccc(O)c(C(=O)O)c1. The van der Waals surface area contributed by atoms with Gasteiger partial charge in [0.2, 0.25) is 11.8 Å². The number of anilines is 2. The second-order valence-corrected chi connectivity index (χ2v) is 14.4. The topological polar surface area (TPSA) is 214 Å². The van der Waals surface area contributed by atoms with E-state index in [0.717, 1.165) is 23.5 Å². The number of hydrogen-bond acceptors (Lipinski definition) is 12. The summed E-state index contributed by atoms with van der Waals surface area (Å²) in [6.07, 6.45) is 3.61. The lowest BCUT2D eigenvalue weighted by molar-refractivity contribution is -0.124. The number of benzene rings is 2. The first-order chi connectivity index (χ1) is 23.8. The number of phenols is 2. The predicted molar refractivity (Wildman–Crippen MR) is 195 cm³/mol. The van der Waals surface area contributed by atoms with Crippen LogP contribution in [-0.2, 0) is 19.2 Å². The van der Waals surface area contributed by atoms with E-state index in [4.69, 9.17) is 34.6 Å². The van der Waals surface area contributed by atoms with Gasteiger partial charge in [0.15, 0.2) is 0 Å². The molecule has 2 saturated heterocycles. The molecule has 18 heteroatoms. The zero-order valence-electron chi connectivity index (χ0n) is 26.3. The van der Waals surface area contributed by atoms with Gasteiger partial charge in [0.25, 0.3) is 11.8 Å². The summed E-state index contributed by atoms with van der Waals surface area (Å²) >= 11 is 12.9. The monoisotopic (exact) mass is 760 g/mol. The lowest BCUT2D eigenvalue weighted by Crippen LogP contribution is -2.31. The summed E-state index contributed by atoms with van der Waals surface area (Å²) in [6.45, 7) is 0.605. The standard InChI is InChI=1S/C32H32N4O10S4/c37-21-11-9-17(15-19(21)29(43)44)33-23(39)7-3-1-5-13-35-27(41)25(49-31(35)47)26-28(42)36(32(48)50-26)14-6-2-4-8-24(40)34-18-10-12-22(38)20(16-18)30(45)46/h9-12,15-16,37-38H,1-8,13-14H2,(H,33,39)(H,34,40)(H,43,44)(H,45,46)/b26-25+. The van der Waals surface area contributed by atoms with Crippen molar-refractivity contribution in [1.82, 2.24) is 9.80 Å². The largest absolute Gasteiger partial charge is 0.507 e. The number of carbonyl (C=O) groups excluding carboxylic acids is 4. The van der Waals surface area contributed by atoms with E-state index < -0.39 is 23.4 Å². The normalized spacial score (nSPS) is 15.9. The van der Waals surface area contributed by atoms with Gasteiger partial charge in [-0.1, -0.05) is 60.8 Å². The number of carbonyl (C=O) groups is 6. The molecule has 6 N–H and O–H groups in total. The highest BCUT2D eigenvalue weighted by molar-refractivity contribution is 8.29. The highest BCUT2D eigenvalue weighted by Crippen LogP contribution is 2.42. The smallest absolute Gasteiger partial charge is 0.339 e. The number of carboxylic acids is 2. The number of nitrogens with one attached hydrogen (secondary N) is 2. The summed E-state index contributed by atoms with van der Waals surface area (Å²) in [5.74, 6) is -4.85. The van der Waals surface area contributed by atoms with Gasteiger partial charge >= 0.3 is 11.9 Å². The molecular weight excluding hydrogens is 729 g/mol. The number of unbranched alkanes of at least 4 members (excludes halogenated alkanes) is 4. The van der Waals surface area contributed by atoms with Crippen LogP contribution in [0, 0.1) is 0 Å². The molecule has 0 aliphatic carbocycles. The molecule has 50 heavy (non-hydrogen) atoms. The van der Waals surface area contributed by atoms with Gasteiger partial charge in [-0.2, -0.15) is 0 Å². The third kappa shape index (κ3) is 9.80. The van der Waals surface area contributed by atoms with Gasteiger partial charge in [-0.25, -0.2) is 9.59 Å². The first-order valence-electron chi connectivity index (χ1n) is 15.3. The minimum atomic E-state index is -1.32. The first kappa shape index (κ1) is 38.3. The fourth-order valence-corrected chi connectivity index (χ4v) is 7.71. The van der Waals surface area contributed by atoms with Crippen LogP contribution in [0.5, 0.6) is 11.5 Å². The summed E-state index contributed by atoms with van der Waals surface area (Å²) in [5.41, 5.74) is -0.142. The average Bonchev–Trinajstić information content (AvgIpc) is 3.50. The summed E-state index contributed by atoms with van der Waals surface area (Å²) in [5, 5.41) is 42.7. The van der Waals surface area contributed by atoms with Gasteiger partial charge in [0.1, 0.15) is 31.3 Å². The van der Waals surface area contributed by atoms with E-state index in [1.807, 2.05) is 0 Å². The molecule has 264 valence electrons. The number of thiocarbonyl (C=S) groups is 2. The van der Waals surface area contributed by atoms with Crippen LogP contribution < -0.4 is 10.6 Å². The van der Waals surface area contributed by atoms with Crippen LogP contribution in [0.3, 0.4) is 0 Å². The van der Waals surface area contributed by atoms with Gasteiger partial charge in [0, 0.05) is 37.3 Å². The maximum atomic E-state index is 13.2. The molecule has 0 saturated carbocycles. The van der Waals surface area contributed by atoms with Gasteiger partial charge in [-0.3, -0.25) is 29.0 Å². The van der Waals surface area contributed by atoms with Crippen molar-refractivity contribution < 1.29 is 49.2 Å². The van der Waals surface area contributed by atoms with Gasteiger partial charge < -0.3 is 31.1 Å². The lowest BCUT2D eigenvalue weighted by Gasteiger charge is -2.14. The Kier molecular flexibility index (Phi) is 13.3. The van der Waals surface area contributed by atoms with E-state index >= 15 is 0 Å². The van der Waals surface area contributed by atoms with E-state index in [-0.39, 0.29) is 68.8 Å². The zero-order chi connectivity index (χ0) is 36.5. The Morgan fingerprint density at radius 2 is 1.00 bits per heavy atom. The van der Waals surface area contributed by atoms with Crippen LogP contribution in [0.15, 0.2) is 46.2 Å². The number of aromatic hydroxyl groups is 2. The third-order valence-electron chi connectivity index (χ3n) is 7.50. The van der Waals surface area contributed by atoms with E-state index in [1.54, 1.807) is 0 Å². The molecule has 0 aromatic heterocycles. The van der Waals surface area contributed by atoms with Crippen LogP contribution in [0.25, 0.3) is 0 Å². The molecule has 2 aromatic carbocycles. The summed E-state index contributed by atoms with van der Waals surface area (Å²) in [4.78, 5) is 76.7. The molecule has 4 rings (SSSR count). The Morgan fingerprint density at radius 3 is 1.36 bits per heavy atom. The summed E-state index contributed by atoms with van der Waals surface area (Å²) in [6, 6.07) is 7.53. The number of thioether (sulfide) groups is 2. The van der Waals surface area contributed by atoms with Crippen LogP contribution in [0.4, 0.5) is 11.4 Å². The minimum absolute atomic E-state index is 0.159. The van der Waals surface area contributed by atoms with Crippen molar-refractivity contribution in [3.05, 3.63) is 57.3 Å². The maximum Gasteiger partial charge on any atom is 0.339 e. The van der Waals surface area contributed by atoms with Gasteiger partial charge in [-0.15, -0.1) is 0 Å². The number of carboxylic acid groups (broad SMARTS) is 2. The van der Waals surface area contributed by atoms with E-state index in [9.17, 15) is 39.0 Å². The van der Waals surface area contributed by atoms with E-state index in [1.165, 1.54) is 46.2 Å². The molecule has 14 nitrogen and oxygen atoms in total. The van der Waals surface area contributed by atoms with Gasteiger partial charge in [-0.05, 0) is 62.1 Å². The first-order valence-corrected chi connectivity index (χ1v) is 17.8. The average molecular weight is 761 g/mol. The van der Waals surface area contributed by atoms with Crippen molar-refractivity contribution in [2.75, 3.05) is 23.7 Å². The Morgan fingerprint density at radius 1 is 0.620 bits per heavy atom. The Labute approximate surface area is 305 Å². The second-order valence-electron chi connectivity index (χ2n) is 11.1. The number of amides is 4. The van der Waals surface area contributed by atoms with Crippen molar-refractivity contribution in [1.29, 1.82) is 0 Å². The molecule has 4 amide bonds. The molecule has 0 spiro atoms. The van der Waals surface area contributed by atoms with Crippen LogP contribution >= 0.6 is 48.0 Å². The highest BCUT2D eigenvalue weighted by atomic mass is 32.2. The van der Waals surface area contributed by atoms with Gasteiger partial charge in [0.05, 0.1) is 9.81 Å². The van der Waals surface area contributed by atoms with Crippen LogP contribution in [0.1, 0.15) is 72.1 Å². The predicted octanol–water partition coefficient (Wildman–Crippen LogP) is 5.12.